The fourth-order valence-electron chi connectivity index (χ4n) is 2.28. The first-order valence-electron chi connectivity index (χ1n) is 5.81. The molecule has 1 heterocycles. The average Bonchev–Trinajstić information content (AvgIpc) is 2.71. The van der Waals surface area contributed by atoms with E-state index in [-0.39, 0.29) is 6.04 Å². The van der Waals surface area contributed by atoms with Crippen LogP contribution in [0.2, 0.25) is 0 Å². The molecule has 100 valence electrons. The van der Waals surface area contributed by atoms with Crippen molar-refractivity contribution in [3.63, 3.8) is 0 Å². The van der Waals surface area contributed by atoms with Crippen LogP contribution in [0.3, 0.4) is 0 Å². The summed E-state index contributed by atoms with van der Waals surface area (Å²) in [5.41, 5.74) is 0. The molecule has 1 aromatic rings. The van der Waals surface area contributed by atoms with Gasteiger partial charge in [-0.25, -0.2) is 8.42 Å². The second-order valence-electron chi connectivity index (χ2n) is 4.53. The van der Waals surface area contributed by atoms with E-state index in [2.05, 4.69) is 38.8 Å². The summed E-state index contributed by atoms with van der Waals surface area (Å²) in [4.78, 5) is 0.352. The average molecular weight is 397 g/mol. The third kappa shape index (κ3) is 2.53. The largest absolute Gasteiger partial charge is 0.244 e. The molecule has 18 heavy (non-hydrogen) atoms. The minimum absolute atomic E-state index is 0.0436. The lowest BCUT2D eigenvalue weighted by molar-refractivity contribution is 0.378. The van der Waals surface area contributed by atoms with Gasteiger partial charge in [-0.05, 0) is 40.4 Å². The molecule has 0 N–H and O–H groups in total. The molecule has 1 aromatic carbocycles. The monoisotopic (exact) mass is 395 g/mol. The molecule has 0 bridgehead atoms. The van der Waals surface area contributed by atoms with Crippen molar-refractivity contribution < 1.29 is 8.42 Å². The topological polar surface area (TPSA) is 37.4 Å². The van der Waals surface area contributed by atoms with Crippen molar-refractivity contribution in [1.29, 1.82) is 0 Å². The van der Waals surface area contributed by atoms with Gasteiger partial charge in [0.1, 0.15) is 0 Å². The summed E-state index contributed by atoms with van der Waals surface area (Å²) in [5, 5.41) is 0.678. The van der Waals surface area contributed by atoms with Gasteiger partial charge in [-0.2, -0.15) is 4.31 Å². The van der Waals surface area contributed by atoms with Gasteiger partial charge in [0.25, 0.3) is 0 Å². The zero-order valence-corrected chi connectivity index (χ0v) is 14.0. The van der Waals surface area contributed by atoms with Crippen LogP contribution in [0.5, 0.6) is 0 Å². The quantitative estimate of drug-likeness (QED) is 0.735. The van der Waals surface area contributed by atoms with E-state index in [4.69, 9.17) is 0 Å². The van der Waals surface area contributed by atoms with E-state index in [9.17, 15) is 8.42 Å². The summed E-state index contributed by atoms with van der Waals surface area (Å²) < 4.78 is 27.5. The van der Waals surface area contributed by atoms with E-state index < -0.39 is 10.0 Å². The number of sulfonamides is 1. The van der Waals surface area contributed by atoms with E-state index in [0.29, 0.717) is 27.2 Å². The van der Waals surface area contributed by atoms with Gasteiger partial charge in [-0.15, -0.1) is 0 Å². The normalized spacial score (nSPS) is 25.5. The van der Waals surface area contributed by atoms with Crippen LogP contribution < -0.4 is 0 Å². The number of alkyl halides is 1. The molecule has 0 aromatic heterocycles. The summed E-state index contributed by atoms with van der Waals surface area (Å²) in [6, 6.07) is 7.02. The Hall–Kier alpha value is 0.0900. The van der Waals surface area contributed by atoms with Gasteiger partial charge in [0, 0.05) is 22.4 Å². The zero-order chi connectivity index (χ0) is 13.3. The van der Waals surface area contributed by atoms with Crippen molar-refractivity contribution in [2.75, 3.05) is 11.9 Å². The van der Waals surface area contributed by atoms with Gasteiger partial charge < -0.3 is 0 Å². The van der Waals surface area contributed by atoms with E-state index in [1.165, 1.54) is 0 Å². The molecule has 0 radical (unpaired) electrons. The highest BCUT2D eigenvalue weighted by molar-refractivity contribution is 9.10. The van der Waals surface area contributed by atoms with Crippen molar-refractivity contribution in [2.45, 2.75) is 24.3 Å². The molecule has 1 aliphatic heterocycles. The highest BCUT2D eigenvalue weighted by Crippen LogP contribution is 2.33. The van der Waals surface area contributed by atoms with Crippen molar-refractivity contribution in [3.8, 4) is 0 Å². The van der Waals surface area contributed by atoms with E-state index in [0.717, 1.165) is 6.42 Å². The maximum absolute atomic E-state index is 12.6. The lowest BCUT2D eigenvalue weighted by atomic mass is 10.1. The molecule has 1 fully saturated rings. The third-order valence-electron chi connectivity index (χ3n) is 3.41. The molecule has 0 aliphatic carbocycles. The van der Waals surface area contributed by atoms with Crippen LogP contribution in [0.15, 0.2) is 33.6 Å². The van der Waals surface area contributed by atoms with Crippen molar-refractivity contribution in [2.24, 2.45) is 5.92 Å². The van der Waals surface area contributed by atoms with Gasteiger partial charge in [-0.3, -0.25) is 0 Å². The van der Waals surface area contributed by atoms with Crippen molar-refractivity contribution >= 4 is 41.9 Å². The molecular weight excluding hydrogens is 382 g/mol. The van der Waals surface area contributed by atoms with Gasteiger partial charge in [0.05, 0.1) is 4.90 Å². The summed E-state index contributed by atoms with van der Waals surface area (Å²) >= 11 is 6.74. The molecule has 2 atom stereocenters. The van der Waals surface area contributed by atoms with Crippen LogP contribution in [0.1, 0.15) is 13.3 Å². The fraction of sp³-hybridized carbons (Fsp3) is 0.500. The van der Waals surface area contributed by atoms with E-state index in [1.807, 2.05) is 6.07 Å². The first-order chi connectivity index (χ1) is 8.48. The third-order valence-corrected chi connectivity index (χ3v) is 7.01. The first-order valence-corrected chi connectivity index (χ1v) is 9.16. The number of hydrogen-bond acceptors (Lipinski definition) is 2. The minimum Gasteiger partial charge on any atom is -0.207 e. The Balaban J connectivity index is 2.41. The van der Waals surface area contributed by atoms with Crippen LogP contribution >= 0.6 is 31.9 Å². The number of rotatable bonds is 3. The highest BCUT2D eigenvalue weighted by Gasteiger charge is 2.39. The van der Waals surface area contributed by atoms with E-state index in [1.54, 1.807) is 22.5 Å². The Kier molecular flexibility index (Phi) is 4.52. The molecule has 0 saturated carbocycles. The lowest BCUT2D eigenvalue weighted by Crippen LogP contribution is -2.38. The molecule has 2 rings (SSSR count). The Bertz CT molecular complexity index is 533. The SMILES string of the molecule is CC1CCN(S(=O)(=O)c2ccccc2Br)C1CBr. The summed E-state index contributed by atoms with van der Waals surface area (Å²) in [6.07, 6.45) is 0.917. The number of halogens is 2. The number of benzene rings is 1. The van der Waals surface area contributed by atoms with Gasteiger partial charge in [0.2, 0.25) is 10.0 Å². The van der Waals surface area contributed by atoms with Gasteiger partial charge >= 0.3 is 0 Å². The number of nitrogens with zero attached hydrogens (tertiary/aromatic N) is 1. The van der Waals surface area contributed by atoms with Gasteiger partial charge in [-0.1, -0.05) is 35.0 Å². The molecule has 1 aliphatic rings. The van der Waals surface area contributed by atoms with Crippen LogP contribution in [0.4, 0.5) is 0 Å². The summed E-state index contributed by atoms with van der Waals surface area (Å²) in [7, 11) is -3.41. The lowest BCUT2D eigenvalue weighted by Gasteiger charge is -2.25. The Morgan fingerprint density at radius 3 is 2.67 bits per heavy atom. The van der Waals surface area contributed by atoms with Crippen LogP contribution in [-0.4, -0.2) is 30.6 Å². The molecular formula is C12H15Br2NO2S. The van der Waals surface area contributed by atoms with Crippen LogP contribution in [0.25, 0.3) is 0 Å². The number of hydrogen-bond donors (Lipinski definition) is 0. The maximum atomic E-state index is 12.6. The molecule has 0 amide bonds. The maximum Gasteiger partial charge on any atom is 0.244 e. The zero-order valence-electron chi connectivity index (χ0n) is 10.0. The second-order valence-corrected chi connectivity index (χ2v) is 7.89. The van der Waals surface area contributed by atoms with E-state index >= 15 is 0 Å². The highest BCUT2D eigenvalue weighted by atomic mass is 79.9. The minimum atomic E-state index is -3.41. The molecule has 6 heteroatoms. The predicted octanol–water partition coefficient (Wildman–Crippen LogP) is 3.24. The molecule has 3 nitrogen and oxygen atoms in total. The summed E-state index contributed by atoms with van der Waals surface area (Å²) in [6.45, 7) is 2.70. The van der Waals surface area contributed by atoms with Crippen molar-refractivity contribution in [1.82, 2.24) is 4.31 Å². The standard InChI is InChI=1S/C12H15Br2NO2S/c1-9-6-7-15(11(9)8-13)18(16,17)12-5-3-2-4-10(12)14/h2-5,9,11H,6-8H2,1H3. The Labute approximate surface area is 125 Å². The first kappa shape index (κ1) is 14.5. The van der Waals surface area contributed by atoms with Crippen molar-refractivity contribution in [3.05, 3.63) is 28.7 Å². The smallest absolute Gasteiger partial charge is 0.207 e. The Morgan fingerprint density at radius 1 is 1.39 bits per heavy atom. The van der Waals surface area contributed by atoms with Crippen LogP contribution in [-0.2, 0) is 10.0 Å². The second kappa shape index (κ2) is 5.61. The Morgan fingerprint density at radius 2 is 2.06 bits per heavy atom. The molecule has 2 unspecified atom stereocenters. The van der Waals surface area contributed by atoms with Gasteiger partial charge in [0.15, 0.2) is 0 Å². The molecule has 1 saturated heterocycles. The predicted molar refractivity (Wildman–Crippen MR) is 79.4 cm³/mol. The fourth-order valence-corrected chi connectivity index (χ4v) is 6.16. The summed E-state index contributed by atoms with van der Waals surface area (Å²) in [5.74, 6) is 0.390. The molecule has 0 spiro atoms. The van der Waals surface area contributed by atoms with Crippen LogP contribution in [0, 0.1) is 5.92 Å².